The summed E-state index contributed by atoms with van der Waals surface area (Å²) in [6.45, 7) is 2.08. The van der Waals surface area contributed by atoms with Crippen molar-refractivity contribution in [2.24, 2.45) is 5.73 Å². The van der Waals surface area contributed by atoms with Crippen LogP contribution in [0.25, 0.3) is 0 Å². The smallest absolute Gasteiger partial charge is 0.118 e. The molecule has 0 aliphatic heterocycles. The van der Waals surface area contributed by atoms with E-state index in [1.54, 1.807) is 16.8 Å². The normalized spacial score (nSPS) is 13.4. The van der Waals surface area contributed by atoms with E-state index in [1.807, 2.05) is 0 Å². The SMILES string of the molecule is CCC(N)Cc1nncs1. The third-order valence-corrected chi connectivity index (χ3v) is 2.09. The Morgan fingerprint density at radius 1 is 1.80 bits per heavy atom. The van der Waals surface area contributed by atoms with Crippen molar-refractivity contribution in [3.05, 3.63) is 10.5 Å². The Morgan fingerprint density at radius 3 is 3.10 bits per heavy atom. The molecule has 1 unspecified atom stereocenters. The first-order chi connectivity index (χ1) is 4.83. The second kappa shape index (κ2) is 3.63. The van der Waals surface area contributed by atoms with Crippen molar-refractivity contribution in [2.75, 3.05) is 0 Å². The molecule has 10 heavy (non-hydrogen) atoms. The molecular formula is C6H11N3S. The van der Waals surface area contributed by atoms with Crippen LogP contribution < -0.4 is 5.73 Å². The quantitative estimate of drug-likeness (QED) is 0.706. The minimum atomic E-state index is 0.243. The zero-order valence-electron chi connectivity index (χ0n) is 5.95. The maximum atomic E-state index is 5.70. The number of nitrogens with two attached hydrogens (primary N) is 1. The van der Waals surface area contributed by atoms with Gasteiger partial charge in [-0.3, -0.25) is 0 Å². The lowest BCUT2D eigenvalue weighted by Crippen LogP contribution is -2.21. The van der Waals surface area contributed by atoms with Gasteiger partial charge in [0.15, 0.2) is 0 Å². The Balaban J connectivity index is 2.40. The molecule has 1 atom stereocenters. The largest absolute Gasteiger partial charge is 0.327 e. The van der Waals surface area contributed by atoms with E-state index >= 15 is 0 Å². The molecule has 0 aliphatic carbocycles. The van der Waals surface area contributed by atoms with Crippen molar-refractivity contribution < 1.29 is 0 Å². The van der Waals surface area contributed by atoms with Crippen LogP contribution in [0.4, 0.5) is 0 Å². The van der Waals surface area contributed by atoms with Gasteiger partial charge in [-0.15, -0.1) is 21.5 Å². The number of hydrogen-bond acceptors (Lipinski definition) is 4. The molecule has 0 aliphatic rings. The number of nitrogens with zero attached hydrogens (tertiary/aromatic N) is 2. The van der Waals surface area contributed by atoms with Gasteiger partial charge in [0.1, 0.15) is 10.5 Å². The van der Waals surface area contributed by atoms with E-state index in [9.17, 15) is 0 Å². The van der Waals surface area contributed by atoms with Gasteiger partial charge in [0.25, 0.3) is 0 Å². The highest BCUT2D eigenvalue weighted by atomic mass is 32.1. The zero-order chi connectivity index (χ0) is 7.40. The Bertz CT molecular complexity index is 173. The van der Waals surface area contributed by atoms with Crippen LogP contribution in [0, 0.1) is 0 Å². The molecule has 0 aromatic carbocycles. The van der Waals surface area contributed by atoms with Gasteiger partial charge < -0.3 is 5.73 Å². The standard InChI is InChI=1S/C6H11N3S/c1-2-5(7)3-6-9-8-4-10-6/h4-5H,2-3,7H2,1H3. The van der Waals surface area contributed by atoms with Crippen molar-refractivity contribution in [1.82, 2.24) is 10.2 Å². The van der Waals surface area contributed by atoms with Crippen LogP contribution in [0.2, 0.25) is 0 Å². The van der Waals surface area contributed by atoms with Crippen molar-refractivity contribution in [3.63, 3.8) is 0 Å². The van der Waals surface area contributed by atoms with Crippen molar-refractivity contribution in [2.45, 2.75) is 25.8 Å². The molecule has 0 fully saturated rings. The van der Waals surface area contributed by atoms with E-state index in [2.05, 4.69) is 17.1 Å². The molecule has 0 radical (unpaired) electrons. The molecule has 2 N–H and O–H groups in total. The van der Waals surface area contributed by atoms with Crippen LogP contribution in [0.1, 0.15) is 18.4 Å². The lowest BCUT2D eigenvalue weighted by atomic mass is 10.2. The Kier molecular flexibility index (Phi) is 2.77. The first kappa shape index (κ1) is 7.63. The van der Waals surface area contributed by atoms with Gasteiger partial charge in [-0.25, -0.2) is 0 Å². The summed E-state index contributed by atoms with van der Waals surface area (Å²) in [5.74, 6) is 0. The van der Waals surface area contributed by atoms with Gasteiger partial charge >= 0.3 is 0 Å². The van der Waals surface area contributed by atoms with E-state index in [0.29, 0.717) is 0 Å². The third kappa shape index (κ3) is 2.04. The third-order valence-electron chi connectivity index (χ3n) is 1.37. The topological polar surface area (TPSA) is 51.8 Å². The number of hydrogen-bond donors (Lipinski definition) is 1. The predicted molar refractivity (Wildman–Crippen MR) is 41.9 cm³/mol. The first-order valence-corrected chi connectivity index (χ1v) is 4.21. The van der Waals surface area contributed by atoms with Crippen LogP contribution in [0.3, 0.4) is 0 Å². The summed E-state index contributed by atoms with van der Waals surface area (Å²) in [6, 6.07) is 0.243. The summed E-state index contributed by atoms with van der Waals surface area (Å²) in [5.41, 5.74) is 7.44. The molecule has 0 saturated heterocycles. The fraction of sp³-hybridized carbons (Fsp3) is 0.667. The summed E-state index contributed by atoms with van der Waals surface area (Å²) in [5, 5.41) is 8.65. The fourth-order valence-corrected chi connectivity index (χ4v) is 1.27. The van der Waals surface area contributed by atoms with Crippen molar-refractivity contribution in [3.8, 4) is 0 Å². The van der Waals surface area contributed by atoms with Gasteiger partial charge in [0.2, 0.25) is 0 Å². The molecule has 0 saturated carbocycles. The number of aromatic nitrogens is 2. The average Bonchev–Trinajstić information content (AvgIpc) is 2.40. The Labute approximate surface area is 64.3 Å². The molecule has 1 aromatic heterocycles. The molecule has 0 amide bonds. The predicted octanol–water partition coefficient (Wildman–Crippen LogP) is 0.818. The monoisotopic (exact) mass is 157 g/mol. The highest BCUT2D eigenvalue weighted by Gasteiger charge is 2.02. The lowest BCUT2D eigenvalue weighted by Gasteiger charge is -2.03. The second-order valence-corrected chi connectivity index (χ2v) is 3.12. The molecule has 0 bridgehead atoms. The molecule has 0 spiro atoms. The van der Waals surface area contributed by atoms with E-state index in [-0.39, 0.29) is 6.04 Å². The fourth-order valence-electron chi connectivity index (χ4n) is 0.654. The van der Waals surface area contributed by atoms with Gasteiger partial charge in [-0.05, 0) is 6.42 Å². The molecule has 56 valence electrons. The molecular weight excluding hydrogens is 146 g/mol. The second-order valence-electron chi connectivity index (χ2n) is 2.20. The summed E-state index contributed by atoms with van der Waals surface area (Å²) in [7, 11) is 0. The average molecular weight is 157 g/mol. The van der Waals surface area contributed by atoms with Gasteiger partial charge in [0, 0.05) is 12.5 Å². The van der Waals surface area contributed by atoms with E-state index < -0.39 is 0 Å². The highest BCUT2D eigenvalue weighted by molar-refractivity contribution is 7.09. The minimum Gasteiger partial charge on any atom is -0.327 e. The van der Waals surface area contributed by atoms with E-state index in [1.165, 1.54) is 0 Å². The van der Waals surface area contributed by atoms with Crippen LogP contribution >= 0.6 is 11.3 Å². The first-order valence-electron chi connectivity index (χ1n) is 3.33. The molecule has 1 heterocycles. The Morgan fingerprint density at radius 2 is 2.60 bits per heavy atom. The minimum absolute atomic E-state index is 0.243. The Hall–Kier alpha value is -0.480. The highest BCUT2D eigenvalue weighted by Crippen LogP contribution is 2.04. The van der Waals surface area contributed by atoms with E-state index in [4.69, 9.17) is 5.73 Å². The molecule has 4 heteroatoms. The summed E-state index contributed by atoms with van der Waals surface area (Å²) in [6.07, 6.45) is 1.86. The summed E-state index contributed by atoms with van der Waals surface area (Å²) in [4.78, 5) is 0. The van der Waals surface area contributed by atoms with Crippen LogP contribution in [-0.2, 0) is 6.42 Å². The van der Waals surface area contributed by atoms with Gasteiger partial charge in [-0.1, -0.05) is 6.92 Å². The van der Waals surface area contributed by atoms with Crippen LogP contribution in [-0.4, -0.2) is 16.2 Å². The lowest BCUT2D eigenvalue weighted by molar-refractivity contribution is 0.640. The number of rotatable bonds is 3. The van der Waals surface area contributed by atoms with Crippen molar-refractivity contribution in [1.29, 1.82) is 0 Å². The summed E-state index contributed by atoms with van der Waals surface area (Å²) < 4.78 is 0. The van der Waals surface area contributed by atoms with Gasteiger partial charge in [-0.2, -0.15) is 0 Å². The van der Waals surface area contributed by atoms with E-state index in [0.717, 1.165) is 17.8 Å². The molecule has 1 rings (SSSR count). The van der Waals surface area contributed by atoms with Crippen LogP contribution in [0.15, 0.2) is 5.51 Å². The maximum Gasteiger partial charge on any atom is 0.118 e. The maximum absolute atomic E-state index is 5.70. The van der Waals surface area contributed by atoms with Gasteiger partial charge in [0.05, 0.1) is 0 Å². The molecule has 1 aromatic rings. The zero-order valence-corrected chi connectivity index (χ0v) is 6.77. The van der Waals surface area contributed by atoms with Crippen molar-refractivity contribution >= 4 is 11.3 Å². The summed E-state index contributed by atoms with van der Waals surface area (Å²) >= 11 is 1.56. The molecule has 3 nitrogen and oxygen atoms in total. The van der Waals surface area contributed by atoms with Crippen LogP contribution in [0.5, 0.6) is 0 Å².